The van der Waals surface area contributed by atoms with E-state index in [-0.39, 0.29) is 34.9 Å². The lowest BCUT2D eigenvalue weighted by molar-refractivity contribution is -0.130. The van der Waals surface area contributed by atoms with E-state index < -0.39 is 0 Å². The van der Waals surface area contributed by atoms with Crippen molar-refractivity contribution in [1.82, 2.24) is 10.6 Å². The molecule has 3 fully saturated rings. The number of fused-ring (bicyclic) bond motifs is 5. The normalized spacial score (nSPS) is 46.6. The van der Waals surface area contributed by atoms with Crippen LogP contribution in [0.15, 0.2) is 11.6 Å². The predicted octanol–water partition coefficient (Wildman–Crippen LogP) is 2.31. The SMILES string of the molecule is CO[C@H]1CC[C@@]2(C)C(=CC(=O)N[C@@H]3[C@@H]2CC[C@]2(C)NC(=O)CC[C@@H]32)C1. The highest BCUT2D eigenvalue weighted by atomic mass is 16.5. The molecule has 2 aliphatic heterocycles. The van der Waals surface area contributed by atoms with E-state index in [1.54, 1.807) is 7.11 Å². The molecule has 2 N–H and O–H groups in total. The Morgan fingerprint density at radius 1 is 1.12 bits per heavy atom. The number of rotatable bonds is 1. The Hall–Kier alpha value is -1.36. The number of hydrogen-bond acceptors (Lipinski definition) is 3. The standard InChI is InChI=1S/C20H30N2O3/c1-19-8-6-13(25-3)10-12(19)11-17(24)21-18-14(19)7-9-20(2)15(18)4-5-16(23)22-20/h11,13-15,18H,4-10H2,1-3H3,(H,21,24)(H,22,23)/t13-,14-,15-,18+,19-,20-/m0/s1. The zero-order valence-corrected chi connectivity index (χ0v) is 15.6. The Balaban J connectivity index is 1.69. The lowest BCUT2D eigenvalue weighted by Gasteiger charge is -2.56. The number of piperidine rings is 1. The highest BCUT2D eigenvalue weighted by Gasteiger charge is 2.56. The van der Waals surface area contributed by atoms with Gasteiger partial charge in [0.2, 0.25) is 11.8 Å². The monoisotopic (exact) mass is 346 g/mol. The Morgan fingerprint density at radius 2 is 1.92 bits per heavy atom. The van der Waals surface area contributed by atoms with Crippen LogP contribution < -0.4 is 10.6 Å². The average molecular weight is 346 g/mol. The zero-order valence-electron chi connectivity index (χ0n) is 15.6. The molecule has 0 spiro atoms. The van der Waals surface area contributed by atoms with Gasteiger partial charge >= 0.3 is 0 Å². The highest BCUT2D eigenvalue weighted by Crippen LogP contribution is 2.55. The van der Waals surface area contributed by atoms with Crippen LogP contribution in [0.3, 0.4) is 0 Å². The van der Waals surface area contributed by atoms with Crippen molar-refractivity contribution < 1.29 is 14.3 Å². The molecule has 1 saturated heterocycles. The number of carbonyl (C=O) groups excluding carboxylic acids is 2. The number of methoxy groups -OCH3 is 1. The van der Waals surface area contributed by atoms with Crippen LogP contribution in [0.4, 0.5) is 0 Å². The molecule has 2 saturated carbocycles. The van der Waals surface area contributed by atoms with Crippen molar-refractivity contribution in [3.8, 4) is 0 Å². The van der Waals surface area contributed by atoms with E-state index in [1.807, 2.05) is 6.08 Å². The minimum Gasteiger partial charge on any atom is -0.381 e. The fraction of sp³-hybridized carbons (Fsp3) is 0.800. The first kappa shape index (κ1) is 17.1. The summed E-state index contributed by atoms with van der Waals surface area (Å²) in [4.78, 5) is 24.6. The van der Waals surface area contributed by atoms with Crippen LogP contribution in [0.2, 0.25) is 0 Å². The molecule has 0 aromatic carbocycles. The summed E-state index contributed by atoms with van der Waals surface area (Å²) in [5, 5.41) is 6.56. The van der Waals surface area contributed by atoms with E-state index in [4.69, 9.17) is 4.74 Å². The number of amides is 2. The van der Waals surface area contributed by atoms with Crippen molar-refractivity contribution in [2.75, 3.05) is 7.11 Å². The van der Waals surface area contributed by atoms with Gasteiger partial charge < -0.3 is 15.4 Å². The molecule has 25 heavy (non-hydrogen) atoms. The molecule has 2 heterocycles. The maximum atomic E-state index is 12.7. The molecule has 0 radical (unpaired) electrons. The van der Waals surface area contributed by atoms with E-state index >= 15 is 0 Å². The van der Waals surface area contributed by atoms with Gasteiger partial charge in [-0.25, -0.2) is 0 Å². The van der Waals surface area contributed by atoms with Gasteiger partial charge in [0.25, 0.3) is 0 Å². The summed E-state index contributed by atoms with van der Waals surface area (Å²) in [6, 6.07) is 0.143. The summed E-state index contributed by atoms with van der Waals surface area (Å²) in [6.07, 6.45) is 8.55. The van der Waals surface area contributed by atoms with Crippen LogP contribution in [0.25, 0.3) is 0 Å². The Morgan fingerprint density at radius 3 is 2.68 bits per heavy atom. The number of carbonyl (C=O) groups is 2. The van der Waals surface area contributed by atoms with Crippen LogP contribution in [0.5, 0.6) is 0 Å². The summed E-state index contributed by atoms with van der Waals surface area (Å²) in [5.74, 6) is 0.947. The van der Waals surface area contributed by atoms with Crippen molar-refractivity contribution in [2.24, 2.45) is 17.3 Å². The van der Waals surface area contributed by atoms with Crippen LogP contribution in [0.1, 0.15) is 58.8 Å². The molecule has 0 aromatic heterocycles. The average Bonchev–Trinajstić information content (AvgIpc) is 2.66. The fourth-order valence-corrected chi connectivity index (χ4v) is 6.15. The van der Waals surface area contributed by atoms with Gasteiger partial charge in [0.05, 0.1) is 6.10 Å². The molecule has 2 amide bonds. The molecular formula is C20H30N2O3. The fourth-order valence-electron chi connectivity index (χ4n) is 6.15. The molecule has 0 unspecified atom stereocenters. The number of ether oxygens (including phenoxy) is 1. The lowest BCUT2D eigenvalue weighted by Crippen LogP contribution is -2.66. The molecule has 138 valence electrons. The van der Waals surface area contributed by atoms with Gasteiger partial charge in [0.1, 0.15) is 0 Å². The number of hydrogen-bond donors (Lipinski definition) is 2. The maximum Gasteiger partial charge on any atom is 0.244 e. The summed E-state index contributed by atoms with van der Waals surface area (Å²) in [6.45, 7) is 4.52. The van der Waals surface area contributed by atoms with E-state index in [2.05, 4.69) is 24.5 Å². The minimum atomic E-state index is -0.186. The third-order valence-electron chi connectivity index (χ3n) is 7.70. The molecule has 5 nitrogen and oxygen atoms in total. The Labute approximate surface area is 149 Å². The first-order valence-electron chi connectivity index (χ1n) is 9.71. The first-order valence-corrected chi connectivity index (χ1v) is 9.71. The number of nitrogens with one attached hydrogen (secondary N) is 2. The molecule has 0 aromatic rings. The van der Waals surface area contributed by atoms with E-state index in [0.717, 1.165) is 38.5 Å². The quantitative estimate of drug-likeness (QED) is 0.766. The second-order valence-corrected chi connectivity index (χ2v) is 8.98. The van der Waals surface area contributed by atoms with E-state index in [1.165, 1.54) is 5.57 Å². The second kappa shape index (κ2) is 5.83. The predicted molar refractivity (Wildman–Crippen MR) is 94.8 cm³/mol. The maximum absolute atomic E-state index is 12.7. The van der Waals surface area contributed by atoms with Gasteiger partial charge in [0.15, 0.2) is 0 Å². The van der Waals surface area contributed by atoms with Gasteiger partial charge in [-0.15, -0.1) is 0 Å². The topological polar surface area (TPSA) is 67.4 Å². The van der Waals surface area contributed by atoms with E-state index in [0.29, 0.717) is 18.3 Å². The van der Waals surface area contributed by atoms with Gasteiger partial charge in [0, 0.05) is 37.1 Å². The summed E-state index contributed by atoms with van der Waals surface area (Å²) >= 11 is 0. The summed E-state index contributed by atoms with van der Waals surface area (Å²) in [7, 11) is 1.77. The summed E-state index contributed by atoms with van der Waals surface area (Å²) in [5.41, 5.74) is 1.13. The lowest BCUT2D eigenvalue weighted by atomic mass is 9.53. The first-order chi connectivity index (χ1) is 11.9. The molecule has 4 rings (SSSR count). The largest absolute Gasteiger partial charge is 0.381 e. The zero-order chi connectivity index (χ0) is 17.8. The van der Waals surface area contributed by atoms with Gasteiger partial charge in [-0.2, -0.15) is 0 Å². The molecular weight excluding hydrogens is 316 g/mol. The molecule has 6 atom stereocenters. The van der Waals surface area contributed by atoms with Crippen molar-refractivity contribution in [2.45, 2.75) is 76.5 Å². The van der Waals surface area contributed by atoms with Gasteiger partial charge in [-0.05, 0) is 56.8 Å². The van der Waals surface area contributed by atoms with Crippen molar-refractivity contribution in [3.63, 3.8) is 0 Å². The van der Waals surface area contributed by atoms with Gasteiger partial charge in [-0.3, -0.25) is 9.59 Å². The van der Waals surface area contributed by atoms with Crippen LogP contribution in [-0.4, -0.2) is 36.6 Å². The van der Waals surface area contributed by atoms with Crippen molar-refractivity contribution >= 4 is 11.8 Å². The molecule has 2 aliphatic carbocycles. The molecule has 0 bridgehead atoms. The Bertz CT molecular complexity index is 630. The third-order valence-corrected chi connectivity index (χ3v) is 7.70. The van der Waals surface area contributed by atoms with Crippen molar-refractivity contribution in [3.05, 3.63) is 11.6 Å². The Kier molecular flexibility index (Phi) is 3.98. The van der Waals surface area contributed by atoms with Crippen molar-refractivity contribution in [1.29, 1.82) is 0 Å². The molecule has 4 aliphatic rings. The van der Waals surface area contributed by atoms with Crippen LogP contribution in [-0.2, 0) is 14.3 Å². The third kappa shape index (κ3) is 2.62. The van der Waals surface area contributed by atoms with Gasteiger partial charge in [-0.1, -0.05) is 12.5 Å². The summed E-state index contributed by atoms with van der Waals surface area (Å²) < 4.78 is 5.59. The van der Waals surface area contributed by atoms with Crippen LogP contribution >= 0.6 is 0 Å². The van der Waals surface area contributed by atoms with Crippen LogP contribution in [0, 0.1) is 17.3 Å². The smallest absolute Gasteiger partial charge is 0.244 e. The molecule has 5 heteroatoms. The highest BCUT2D eigenvalue weighted by molar-refractivity contribution is 5.89. The minimum absolute atomic E-state index is 0.0339. The van der Waals surface area contributed by atoms with E-state index in [9.17, 15) is 9.59 Å². The second-order valence-electron chi connectivity index (χ2n) is 8.98.